The molecule has 0 N–H and O–H groups in total. The summed E-state index contributed by atoms with van der Waals surface area (Å²) in [6, 6.07) is 52.0. The number of rotatable bonds is 4. The number of fused-ring (bicyclic) bond motifs is 6. The average molecular weight is 680 g/mol. The highest BCUT2D eigenvalue weighted by Gasteiger charge is 2.33. The van der Waals surface area contributed by atoms with Crippen LogP contribution >= 0.6 is 0 Å². The Hall–Kier alpha value is -6.18. The van der Waals surface area contributed by atoms with E-state index in [-0.39, 0.29) is 5.41 Å². The van der Waals surface area contributed by atoms with Crippen molar-refractivity contribution in [2.45, 2.75) is 39.0 Å². The number of benzene rings is 7. The molecule has 0 fully saturated rings. The van der Waals surface area contributed by atoms with Gasteiger partial charge in [-0.05, 0) is 121 Å². The molecule has 254 valence electrons. The van der Waals surface area contributed by atoms with E-state index in [9.17, 15) is 0 Å². The first-order valence-corrected chi connectivity index (χ1v) is 18.8. The number of hydrogen-bond donors (Lipinski definition) is 0. The molecule has 1 heterocycles. The summed E-state index contributed by atoms with van der Waals surface area (Å²) in [5.74, 6) is 0.330. The zero-order chi connectivity index (χ0) is 35.8. The molecule has 1 nitrogen and oxygen atoms in total. The van der Waals surface area contributed by atoms with Crippen LogP contribution < -0.4 is 0 Å². The predicted octanol–water partition coefficient (Wildman–Crippen LogP) is 14.0. The highest BCUT2D eigenvalue weighted by atomic mass is 15.0. The van der Waals surface area contributed by atoms with Crippen molar-refractivity contribution < 1.29 is 0 Å². The number of hydrogen-bond acceptors (Lipinski definition) is 0. The van der Waals surface area contributed by atoms with Crippen molar-refractivity contribution >= 4 is 32.4 Å². The Morgan fingerprint density at radius 1 is 0.528 bits per heavy atom. The zero-order valence-corrected chi connectivity index (χ0v) is 30.7. The van der Waals surface area contributed by atoms with E-state index in [1.54, 1.807) is 0 Å². The van der Waals surface area contributed by atoms with E-state index in [1.165, 1.54) is 99.5 Å². The molecular formula is C52H41N. The Balaban J connectivity index is 1.06. The molecule has 1 atom stereocenters. The van der Waals surface area contributed by atoms with Crippen molar-refractivity contribution in [3.8, 4) is 39.1 Å². The lowest BCUT2D eigenvalue weighted by Crippen LogP contribution is -2.26. The van der Waals surface area contributed by atoms with Gasteiger partial charge in [0.05, 0.1) is 5.52 Å². The summed E-state index contributed by atoms with van der Waals surface area (Å²) in [6.45, 7) is 9.25. The van der Waals surface area contributed by atoms with Crippen LogP contribution in [0.1, 0.15) is 42.1 Å². The molecule has 0 spiro atoms. The SMILES string of the molecule is Cc1c(C)n(-c2ccc(-c3c4ccccc4c(-c4ccccc4)c4ccccc34)cc2)c2ccc(-c3ccc4c(c3)C(C)(C)C3=CC4C=CC=C3)cc12. The predicted molar refractivity (Wildman–Crippen MR) is 226 cm³/mol. The van der Waals surface area contributed by atoms with Crippen LogP contribution in [0, 0.1) is 13.8 Å². The van der Waals surface area contributed by atoms with Crippen molar-refractivity contribution in [3.63, 3.8) is 0 Å². The Morgan fingerprint density at radius 3 is 1.75 bits per heavy atom. The third kappa shape index (κ3) is 4.84. The van der Waals surface area contributed by atoms with Crippen LogP contribution in [0.3, 0.4) is 0 Å². The number of aryl methyl sites for hydroxylation is 1. The third-order valence-electron chi connectivity index (χ3n) is 12.1. The van der Waals surface area contributed by atoms with Crippen LogP contribution in [0.2, 0.25) is 0 Å². The van der Waals surface area contributed by atoms with E-state index in [1.807, 2.05) is 0 Å². The molecule has 10 rings (SSSR count). The van der Waals surface area contributed by atoms with E-state index in [0.29, 0.717) is 5.92 Å². The van der Waals surface area contributed by atoms with Gasteiger partial charge in [0.25, 0.3) is 0 Å². The summed E-state index contributed by atoms with van der Waals surface area (Å²) in [5.41, 5.74) is 16.8. The first kappa shape index (κ1) is 31.5. The number of nitrogens with zero attached hydrogens (tertiary/aromatic N) is 1. The highest BCUT2D eigenvalue weighted by Crippen LogP contribution is 2.47. The first-order valence-electron chi connectivity index (χ1n) is 18.8. The van der Waals surface area contributed by atoms with Gasteiger partial charge in [0.15, 0.2) is 0 Å². The number of allylic oxidation sites excluding steroid dienone is 6. The van der Waals surface area contributed by atoms with Gasteiger partial charge in [-0.25, -0.2) is 0 Å². The fourth-order valence-corrected chi connectivity index (χ4v) is 9.20. The fraction of sp³-hybridized carbons (Fsp3) is 0.115. The van der Waals surface area contributed by atoms with E-state index < -0.39 is 0 Å². The maximum atomic E-state index is 2.45. The van der Waals surface area contributed by atoms with Crippen LogP contribution in [0.4, 0.5) is 0 Å². The summed E-state index contributed by atoms with van der Waals surface area (Å²) < 4.78 is 2.43. The smallest absolute Gasteiger partial charge is 0.0534 e. The third-order valence-corrected chi connectivity index (χ3v) is 12.1. The Morgan fingerprint density at radius 2 is 1.09 bits per heavy atom. The summed E-state index contributed by atoms with van der Waals surface area (Å²) in [7, 11) is 0. The lowest BCUT2D eigenvalue weighted by molar-refractivity contribution is 0.611. The molecule has 1 unspecified atom stereocenters. The van der Waals surface area contributed by atoms with Gasteiger partial charge in [0, 0.05) is 28.1 Å². The second-order valence-corrected chi connectivity index (χ2v) is 15.4. The minimum absolute atomic E-state index is 0.0427. The lowest BCUT2D eigenvalue weighted by Gasteiger charge is -2.36. The quantitative estimate of drug-likeness (QED) is 0.163. The molecule has 0 amide bonds. The van der Waals surface area contributed by atoms with Gasteiger partial charge < -0.3 is 4.57 Å². The molecule has 1 aromatic heterocycles. The first-order chi connectivity index (χ1) is 25.9. The van der Waals surface area contributed by atoms with E-state index in [4.69, 9.17) is 0 Å². The van der Waals surface area contributed by atoms with Crippen molar-refractivity contribution in [3.05, 3.63) is 198 Å². The molecule has 2 aliphatic rings. The Bertz CT molecular complexity index is 2800. The minimum atomic E-state index is -0.0427. The van der Waals surface area contributed by atoms with E-state index in [0.717, 1.165) is 0 Å². The van der Waals surface area contributed by atoms with Gasteiger partial charge in [0.2, 0.25) is 0 Å². The molecule has 0 saturated carbocycles. The molecule has 2 aliphatic carbocycles. The zero-order valence-electron chi connectivity index (χ0n) is 30.7. The van der Waals surface area contributed by atoms with Crippen molar-refractivity contribution in [1.82, 2.24) is 4.57 Å². The van der Waals surface area contributed by atoms with Crippen molar-refractivity contribution in [2.24, 2.45) is 0 Å². The minimum Gasteiger partial charge on any atom is -0.314 e. The summed E-state index contributed by atoms with van der Waals surface area (Å²) in [6.07, 6.45) is 11.4. The van der Waals surface area contributed by atoms with Crippen LogP contribution in [0.15, 0.2) is 175 Å². The number of aromatic nitrogens is 1. The van der Waals surface area contributed by atoms with Crippen molar-refractivity contribution in [2.75, 3.05) is 0 Å². The molecule has 1 heteroatoms. The Labute approximate surface area is 311 Å². The normalized spacial score (nSPS) is 15.8. The van der Waals surface area contributed by atoms with Crippen LogP contribution in [-0.2, 0) is 5.41 Å². The lowest BCUT2D eigenvalue weighted by atomic mass is 9.68. The Kier molecular flexibility index (Phi) is 7.10. The molecule has 0 aliphatic heterocycles. The molecule has 2 bridgehead atoms. The van der Waals surface area contributed by atoms with Gasteiger partial charge >= 0.3 is 0 Å². The molecule has 0 saturated heterocycles. The van der Waals surface area contributed by atoms with Crippen molar-refractivity contribution in [1.29, 1.82) is 0 Å². The highest BCUT2D eigenvalue weighted by molar-refractivity contribution is 6.21. The summed E-state index contributed by atoms with van der Waals surface area (Å²) in [5, 5.41) is 6.41. The molecule has 8 aromatic rings. The molecule has 0 radical (unpaired) electrons. The van der Waals surface area contributed by atoms with Gasteiger partial charge in [-0.15, -0.1) is 0 Å². The van der Waals surface area contributed by atoms with Gasteiger partial charge in [-0.2, -0.15) is 0 Å². The topological polar surface area (TPSA) is 4.93 Å². The van der Waals surface area contributed by atoms with E-state index >= 15 is 0 Å². The van der Waals surface area contributed by atoms with Crippen LogP contribution in [0.5, 0.6) is 0 Å². The van der Waals surface area contributed by atoms with Crippen LogP contribution in [-0.4, -0.2) is 4.57 Å². The average Bonchev–Trinajstić information content (AvgIpc) is 3.32. The maximum absolute atomic E-state index is 2.45. The van der Waals surface area contributed by atoms with E-state index in [2.05, 4.69) is 202 Å². The fourth-order valence-electron chi connectivity index (χ4n) is 9.20. The van der Waals surface area contributed by atoms with Gasteiger partial charge in [0.1, 0.15) is 0 Å². The summed E-state index contributed by atoms with van der Waals surface area (Å²) in [4.78, 5) is 0. The largest absolute Gasteiger partial charge is 0.314 e. The maximum Gasteiger partial charge on any atom is 0.0534 e. The summed E-state index contributed by atoms with van der Waals surface area (Å²) >= 11 is 0. The standard InChI is InChI=1S/C52H41N/c1-33-34(2)53(49-29-25-37(31-47(33)49)38-24-28-42-39-16-8-9-17-40(30-39)52(3,4)48(42)32-38)41-26-22-36(23-27-41)51-45-20-12-10-18-43(45)50(35-14-6-5-7-15-35)44-19-11-13-21-46(44)51/h5-32,39H,1-4H3. The second kappa shape index (κ2) is 11.9. The van der Waals surface area contributed by atoms with Gasteiger partial charge in [-0.1, -0.05) is 153 Å². The second-order valence-electron chi connectivity index (χ2n) is 15.4. The van der Waals surface area contributed by atoms with Crippen LogP contribution in [0.25, 0.3) is 71.5 Å². The molecule has 7 aromatic carbocycles. The molecule has 53 heavy (non-hydrogen) atoms. The van der Waals surface area contributed by atoms with Gasteiger partial charge in [-0.3, -0.25) is 0 Å². The molecular weight excluding hydrogens is 639 g/mol. The monoisotopic (exact) mass is 679 g/mol.